The van der Waals surface area contributed by atoms with Crippen LogP contribution >= 0.6 is 0 Å². The van der Waals surface area contributed by atoms with E-state index >= 15 is 0 Å². The van der Waals surface area contributed by atoms with Crippen LogP contribution in [0.3, 0.4) is 0 Å². The average molecular weight is 328 g/mol. The van der Waals surface area contributed by atoms with Gasteiger partial charge in [0.05, 0.1) is 25.5 Å². The molecule has 2 aliphatic heterocycles. The van der Waals surface area contributed by atoms with E-state index in [1.165, 1.54) is 5.56 Å². The van der Waals surface area contributed by atoms with E-state index in [0.717, 1.165) is 51.6 Å². The molecule has 0 N–H and O–H groups in total. The van der Waals surface area contributed by atoms with E-state index in [9.17, 15) is 0 Å². The lowest BCUT2D eigenvalue weighted by Crippen LogP contribution is -2.50. The minimum atomic E-state index is 0.370. The maximum Gasteiger partial charge on any atom is 0.225 e. The van der Waals surface area contributed by atoms with E-state index in [4.69, 9.17) is 4.74 Å². The zero-order valence-corrected chi connectivity index (χ0v) is 14.1. The van der Waals surface area contributed by atoms with Gasteiger partial charge in [0, 0.05) is 51.3 Å². The molecule has 7 nitrogen and oxygen atoms in total. The minimum absolute atomic E-state index is 0.370. The van der Waals surface area contributed by atoms with E-state index in [0.29, 0.717) is 12.1 Å². The Morgan fingerprint density at radius 3 is 2.67 bits per heavy atom. The van der Waals surface area contributed by atoms with Crippen molar-refractivity contribution in [1.29, 1.82) is 0 Å². The van der Waals surface area contributed by atoms with Gasteiger partial charge in [-0.25, -0.2) is 9.97 Å². The lowest BCUT2D eigenvalue weighted by atomic mass is 10.0. The summed E-state index contributed by atoms with van der Waals surface area (Å²) < 4.78 is 7.41. The molecule has 2 aromatic rings. The van der Waals surface area contributed by atoms with Crippen molar-refractivity contribution < 1.29 is 4.74 Å². The summed E-state index contributed by atoms with van der Waals surface area (Å²) in [5.41, 5.74) is 1.27. The molecule has 0 spiro atoms. The summed E-state index contributed by atoms with van der Waals surface area (Å²) in [5, 5.41) is 4.33. The molecule has 0 amide bonds. The third-order valence-corrected chi connectivity index (χ3v) is 5.04. The molecule has 4 rings (SSSR count). The number of rotatable bonds is 4. The first kappa shape index (κ1) is 15.5. The fourth-order valence-corrected chi connectivity index (χ4v) is 3.93. The molecular formula is C17H24N6O. The highest BCUT2D eigenvalue weighted by Gasteiger charge is 2.39. The lowest BCUT2D eigenvalue weighted by Gasteiger charge is -2.37. The number of aryl methyl sites for hydroxylation is 1. The van der Waals surface area contributed by atoms with Crippen LogP contribution in [0.25, 0.3) is 0 Å². The Morgan fingerprint density at radius 1 is 1.17 bits per heavy atom. The molecule has 2 saturated heterocycles. The smallest absolute Gasteiger partial charge is 0.225 e. The molecule has 4 heterocycles. The van der Waals surface area contributed by atoms with Gasteiger partial charge in [-0.15, -0.1) is 0 Å². The minimum Gasteiger partial charge on any atom is -0.379 e. The van der Waals surface area contributed by atoms with Crippen molar-refractivity contribution in [1.82, 2.24) is 24.6 Å². The molecule has 0 saturated carbocycles. The highest BCUT2D eigenvalue weighted by molar-refractivity contribution is 5.35. The number of anilines is 1. The molecule has 0 aromatic carbocycles. The van der Waals surface area contributed by atoms with Crippen molar-refractivity contribution in [3.05, 3.63) is 36.4 Å². The van der Waals surface area contributed by atoms with Gasteiger partial charge in [-0.2, -0.15) is 5.10 Å². The topological polar surface area (TPSA) is 59.3 Å². The third kappa shape index (κ3) is 3.14. The molecule has 24 heavy (non-hydrogen) atoms. The van der Waals surface area contributed by atoms with Gasteiger partial charge in [0.25, 0.3) is 0 Å². The van der Waals surface area contributed by atoms with E-state index in [1.54, 1.807) is 0 Å². The molecule has 0 bridgehead atoms. The summed E-state index contributed by atoms with van der Waals surface area (Å²) in [6.45, 7) is 4.68. The van der Waals surface area contributed by atoms with E-state index in [1.807, 2.05) is 36.4 Å². The fourth-order valence-electron chi connectivity index (χ4n) is 3.93. The van der Waals surface area contributed by atoms with Crippen LogP contribution in [0.2, 0.25) is 0 Å². The molecule has 2 fully saturated rings. The largest absolute Gasteiger partial charge is 0.379 e. The van der Waals surface area contributed by atoms with Crippen molar-refractivity contribution in [3.8, 4) is 0 Å². The summed E-state index contributed by atoms with van der Waals surface area (Å²) in [7, 11) is 1.97. The molecular weight excluding hydrogens is 304 g/mol. The quantitative estimate of drug-likeness (QED) is 0.825. The Balaban J connectivity index is 1.59. The van der Waals surface area contributed by atoms with Gasteiger partial charge < -0.3 is 9.64 Å². The second kappa shape index (κ2) is 6.86. The van der Waals surface area contributed by atoms with Crippen LogP contribution in [0.15, 0.2) is 30.9 Å². The zero-order valence-electron chi connectivity index (χ0n) is 14.1. The lowest BCUT2D eigenvalue weighted by molar-refractivity contribution is 0.0149. The maximum absolute atomic E-state index is 5.53. The summed E-state index contributed by atoms with van der Waals surface area (Å²) in [5.74, 6) is 0.835. The first-order valence-corrected chi connectivity index (χ1v) is 8.64. The van der Waals surface area contributed by atoms with Crippen LogP contribution < -0.4 is 4.90 Å². The Labute approximate surface area is 142 Å². The Bertz CT molecular complexity index is 654. The molecule has 2 atom stereocenters. The Hall–Kier alpha value is -1.99. The van der Waals surface area contributed by atoms with Gasteiger partial charge >= 0.3 is 0 Å². The van der Waals surface area contributed by atoms with E-state index in [-0.39, 0.29) is 0 Å². The van der Waals surface area contributed by atoms with E-state index in [2.05, 4.69) is 31.1 Å². The van der Waals surface area contributed by atoms with Crippen molar-refractivity contribution >= 4 is 5.95 Å². The summed E-state index contributed by atoms with van der Waals surface area (Å²) in [6, 6.07) is 2.75. The summed E-state index contributed by atoms with van der Waals surface area (Å²) in [4.78, 5) is 13.9. The molecule has 7 heteroatoms. The SMILES string of the molecule is Cn1cc(C[C@@H]2[C@@H](N3CCOCC3)CCN2c2ncccn2)cn1. The van der Waals surface area contributed by atoms with E-state index < -0.39 is 0 Å². The Kier molecular flexibility index (Phi) is 4.44. The third-order valence-electron chi connectivity index (χ3n) is 5.04. The highest BCUT2D eigenvalue weighted by atomic mass is 16.5. The second-order valence-corrected chi connectivity index (χ2v) is 6.54. The number of nitrogens with zero attached hydrogens (tertiary/aromatic N) is 6. The first-order chi connectivity index (χ1) is 11.8. The van der Waals surface area contributed by atoms with Gasteiger partial charge in [-0.3, -0.25) is 9.58 Å². The first-order valence-electron chi connectivity index (χ1n) is 8.64. The summed E-state index contributed by atoms with van der Waals surface area (Å²) >= 11 is 0. The number of aromatic nitrogens is 4. The van der Waals surface area contributed by atoms with Gasteiger partial charge in [-0.05, 0) is 24.5 Å². The van der Waals surface area contributed by atoms with Crippen molar-refractivity contribution in [3.63, 3.8) is 0 Å². The molecule has 0 aliphatic carbocycles. The van der Waals surface area contributed by atoms with Gasteiger partial charge in [-0.1, -0.05) is 0 Å². The van der Waals surface area contributed by atoms with Crippen molar-refractivity contribution in [2.75, 3.05) is 37.7 Å². The Morgan fingerprint density at radius 2 is 1.96 bits per heavy atom. The van der Waals surface area contributed by atoms with Crippen LogP contribution in [0, 0.1) is 0 Å². The van der Waals surface area contributed by atoms with Crippen molar-refractivity contribution in [2.45, 2.75) is 24.9 Å². The van der Waals surface area contributed by atoms with Crippen LogP contribution in [-0.2, 0) is 18.2 Å². The van der Waals surface area contributed by atoms with Gasteiger partial charge in [0.2, 0.25) is 5.95 Å². The van der Waals surface area contributed by atoms with Gasteiger partial charge in [0.1, 0.15) is 0 Å². The monoisotopic (exact) mass is 328 g/mol. The number of morpholine rings is 1. The molecule has 0 radical (unpaired) electrons. The average Bonchev–Trinajstić information content (AvgIpc) is 3.23. The van der Waals surface area contributed by atoms with Gasteiger partial charge in [0.15, 0.2) is 0 Å². The van der Waals surface area contributed by atoms with Crippen LogP contribution in [0.4, 0.5) is 5.95 Å². The number of hydrogen-bond donors (Lipinski definition) is 0. The predicted octanol–water partition coefficient (Wildman–Crippen LogP) is 0.732. The fraction of sp³-hybridized carbons (Fsp3) is 0.588. The second-order valence-electron chi connectivity index (χ2n) is 6.54. The number of ether oxygens (including phenoxy) is 1. The zero-order chi connectivity index (χ0) is 16.4. The summed E-state index contributed by atoms with van der Waals surface area (Å²) in [6.07, 6.45) is 9.84. The highest BCUT2D eigenvalue weighted by Crippen LogP contribution is 2.29. The van der Waals surface area contributed by atoms with Crippen molar-refractivity contribution in [2.24, 2.45) is 7.05 Å². The molecule has 2 aliphatic rings. The predicted molar refractivity (Wildman–Crippen MR) is 90.9 cm³/mol. The molecule has 2 aromatic heterocycles. The standard InChI is InChI=1S/C17H24N6O/c1-21-13-14(12-20-21)11-16-15(22-7-9-24-10-8-22)3-6-23(16)17-18-4-2-5-19-17/h2,4-5,12-13,15-16H,3,6-11H2,1H3/t15-,16+/m0/s1. The molecule has 0 unspecified atom stereocenters. The normalized spacial score (nSPS) is 25.3. The number of hydrogen-bond acceptors (Lipinski definition) is 6. The molecule has 128 valence electrons. The van der Waals surface area contributed by atoms with Crippen LogP contribution in [0.1, 0.15) is 12.0 Å². The van der Waals surface area contributed by atoms with Crippen LogP contribution in [0.5, 0.6) is 0 Å². The van der Waals surface area contributed by atoms with Crippen LogP contribution in [-0.4, -0.2) is 69.6 Å². The maximum atomic E-state index is 5.53.